The zero-order valence-electron chi connectivity index (χ0n) is 14.6. The highest BCUT2D eigenvalue weighted by atomic mass is 16.3. The quantitative estimate of drug-likeness (QED) is 0.894. The van der Waals surface area contributed by atoms with Gasteiger partial charge >= 0.3 is 0 Å². The number of nitrogens with one attached hydrogen (secondary N) is 1. The van der Waals surface area contributed by atoms with E-state index < -0.39 is 0 Å². The average molecular weight is 340 g/mol. The van der Waals surface area contributed by atoms with Gasteiger partial charge in [-0.05, 0) is 26.7 Å². The van der Waals surface area contributed by atoms with Crippen molar-refractivity contribution in [2.24, 2.45) is 0 Å². The van der Waals surface area contributed by atoms with Crippen molar-refractivity contribution in [2.75, 3.05) is 13.1 Å². The van der Waals surface area contributed by atoms with E-state index in [9.17, 15) is 9.90 Å². The van der Waals surface area contributed by atoms with Crippen LogP contribution in [0, 0.1) is 0 Å². The van der Waals surface area contributed by atoms with Gasteiger partial charge in [0.15, 0.2) is 5.82 Å². The maximum atomic E-state index is 12.4. The molecule has 1 aliphatic heterocycles. The summed E-state index contributed by atoms with van der Waals surface area (Å²) in [6, 6.07) is 10.0. The first-order valence-electron chi connectivity index (χ1n) is 8.71. The fourth-order valence-corrected chi connectivity index (χ4v) is 3.08. The van der Waals surface area contributed by atoms with Crippen molar-refractivity contribution >= 4 is 5.91 Å². The molecule has 6 heteroatoms. The Morgan fingerprint density at radius 1 is 1.24 bits per heavy atom. The number of benzene rings is 1. The van der Waals surface area contributed by atoms with Crippen LogP contribution in [0.15, 0.2) is 36.5 Å². The van der Waals surface area contributed by atoms with E-state index in [0.717, 1.165) is 31.5 Å². The molecule has 0 spiro atoms. The summed E-state index contributed by atoms with van der Waals surface area (Å²) in [6.45, 7) is 6.31. The Morgan fingerprint density at radius 3 is 2.52 bits per heavy atom. The van der Waals surface area contributed by atoms with Gasteiger partial charge in [-0.2, -0.15) is 4.98 Å². The largest absolute Gasteiger partial charge is 0.493 e. The highest BCUT2D eigenvalue weighted by molar-refractivity contribution is 5.96. The number of carbonyl (C=O) groups is 1. The van der Waals surface area contributed by atoms with Crippen molar-refractivity contribution in [3.05, 3.63) is 42.1 Å². The van der Waals surface area contributed by atoms with E-state index in [0.29, 0.717) is 11.9 Å². The number of piperidine rings is 1. The van der Waals surface area contributed by atoms with E-state index in [-0.39, 0.29) is 23.4 Å². The van der Waals surface area contributed by atoms with E-state index in [1.54, 1.807) is 0 Å². The molecule has 1 fully saturated rings. The van der Waals surface area contributed by atoms with E-state index in [4.69, 9.17) is 0 Å². The summed E-state index contributed by atoms with van der Waals surface area (Å²) in [5.74, 6) is -0.203. The summed E-state index contributed by atoms with van der Waals surface area (Å²) in [5, 5.41) is 13.1. The van der Waals surface area contributed by atoms with Gasteiger partial charge in [-0.25, -0.2) is 4.98 Å². The minimum absolute atomic E-state index is 0.117. The molecule has 2 N–H and O–H groups in total. The molecule has 6 nitrogen and oxygen atoms in total. The van der Waals surface area contributed by atoms with Crippen molar-refractivity contribution in [3.8, 4) is 17.3 Å². The molecule has 132 valence electrons. The second-order valence-corrected chi connectivity index (χ2v) is 6.67. The van der Waals surface area contributed by atoms with Crippen LogP contribution in [0.25, 0.3) is 11.4 Å². The molecule has 0 radical (unpaired) electrons. The molecular formula is C19H24N4O2. The fourth-order valence-electron chi connectivity index (χ4n) is 3.08. The van der Waals surface area contributed by atoms with Gasteiger partial charge in [-0.3, -0.25) is 4.79 Å². The fraction of sp³-hybridized carbons (Fsp3) is 0.421. The zero-order valence-corrected chi connectivity index (χ0v) is 14.6. The minimum Gasteiger partial charge on any atom is -0.493 e. The van der Waals surface area contributed by atoms with Crippen molar-refractivity contribution < 1.29 is 9.90 Å². The SMILES string of the molecule is CC(C)N1CCC(NC(=O)c2cnc(-c3ccccc3)nc2O)CC1. The van der Waals surface area contributed by atoms with Gasteiger partial charge in [0.1, 0.15) is 5.56 Å². The number of hydrogen-bond acceptors (Lipinski definition) is 5. The first-order valence-corrected chi connectivity index (χ1v) is 8.71. The van der Waals surface area contributed by atoms with E-state index >= 15 is 0 Å². The first kappa shape index (κ1) is 17.4. The van der Waals surface area contributed by atoms with Crippen molar-refractivity contribution in [2.45, 2.75) is 38.8 Å². The molecule has 1 aromatic heterocycles. The monoisotopic (exact) mass is 340 g/mol. The van der Waals surface area contributed by atoms with Crippen molar-refractivity contribution in [1.29, 1.82) is 0 Å². The molecule has 3 rings (SSSR count). The molecule has 2 heterocycles. The lowest BCUT2D eigenvalue weighted by Crippen LogP contribution is -2.46. The topological polar surface area (TPSA) is 78.4 Å². The Bertz CT molecular complexity index is 725. The van der Waals surface area contributed by atoms with Crippen molar-refractivity contribution in [3.63, 3.8) is 0 Å². The van der Waals surface area contributed by atoms with Crippen LogP contribution in [-0.4, -0.2) is 51.1 Å². The Morgan fingerprint density at radius 2 is 1.92 bits per heavy atom. The molecule has 2 aromatic rings. The molecule has 1 aromatic carbocycles. The molecule has 25 heavy (non-hydrogen) atoms. The third kappa shape index (κ3) is 4.14. The van der Waals surface area contributed by atoms with Gasteiger partial charge in [0.25, 0.3) is 5.91 Å². The van der Waals surface area contributed by atoms with Gasteiger partial charge in [-0.15, -0.1) is 0 Å². The van der Waals surface area contributed by atoms with Gasteiger partial charge in [0.05, 0.1) is 0 Å². The molecule has 0 saturated carbocycles. The van der Waals surface area contributed by atoms with Gasteiger partial charge in [0.2, 0.25) is 5.88 Å². The number of nitrogens with zero attached hydrogens (tertiary/aromatic N) is 3. The second kappa shape index (κ2) is 7.61. The number of aromatic nitrogens is 2. The van der Waals surface area contributed by atoms with Crippen LogP contribution in [-0.2, 0) is 0 Å². The Balaban J connectivity index is 1.65. The molecule has 0 atom stereocenters. The van der Waals surface area contributed by atoms with Crippen molar-refractivity contribution in [1.82, 2.24) is 20.2 Å². The van der Waals surface area contributed by atoms with Crippen LogP contribution in [0.4, 0.5) is 0 Å². The molecule has 1 amide bonds. The van der Waals surface area contributed by atoms with E-state index in [2.05, 4.69) is 34.0 Å². The number of hydrogen-bond donors (Lipinski definition) is 2. The summed E-state index contributed by atoms with van der Waals surface area (Å²) < 4.78 is 0. The Labute approximate surface area is 147 Å². The lowest BCUT2D eigenvalue weighted by molar-refractivity contribution is 0.0897. The van der Waals surface area contributed by atoms with Crippen LogP contribution in [0.2, 0.25) is 0 Å². The van der Waals surface area contributed by atoms with Crippen LogP contribution < -0.4 is 5.32 Å². The summed E-state index contributed by atoms with van der Waals surface area (Å²) in [6.07, 6.45) is 3.21. The lowest BCUT2D eigenvalue weighted by Gasteiger charge is -2.34. The minimum atomic E-state index is -0.319. The highest BCUT2D eigenvalue weighted by Crippen LogP contribution is 2.20. The summed E-state index contributed by atoms with van der Waals surface area (Å²) in [4.78, 5) is 23.1. The summed E-state index contributed by atoms with van der Waals surface area (Å²) in [7, 11) is 0. The summed E-state index contributed by atoms with van der Waals surface area (Å²) >= 11 is 0. The number of amides is 1. The molecule has 1 saturated heterocycles. The molecule has 0 unspecified atom stereocenters. The third-order valence-corrected chi connectivity index (χ3v) is 4.64. The standard InChI is InChI=1S/C19H24N4O2/c1-13(2)23-10-8-15(9-11-23)21-18(24)16-12-20-17(22-19(16)25)14-6-4-3-5-7-14/h3-7,12-13,15H,8-11H2,1-2H3,(H,21,24)(H,20,22,25). The second-order valence-electron chi connectivity index (χ2n) is 6.67. The molecule has 0 bridgehead atoms. The van der Waals surface area contributed by atoms with E-state index in [1.807, 2.05) is 30.3 Å². The van der Waals surface area contributed by atoms with Crippen LogP contribution in [0.1, 0.15) is 37.0 Å². The molecule has 1 aliphatic rings. The normalized spacial score (nSPS) is 16.1. The maximum absolute atomic E-state index is 12.4. The number of aromatic hydroxyl groups is 1. The zero-order chi connectivity index (χ0) is 17.8. The summed E-state index contributed by atoms with van der Waals surface area (Å²) in [5.41, 5.74) is 0.914. The first-order chi connectivity index (χ1) is 12.0. The number of rotatable bonds is 4. The molecule has 0 aliphatic carbocycles. The average Bonchev–Trinajstić information content (AvgIpc) is 2.62. The smallest absolute Gasteiger partial charge is 0.258 e. The number of likely N-dealkylation sites (tertiary alicyclic amines) is 1. The van der Waals surface area contributed by atoms with Gasteiger partial charge in [-0.1, -0.05) is 30.3 Å². The van der Waals surface area contributed by atoms with Gasteiger partial charge < -0.3 is 15.3 Å². The van der Waals surface area contributed by atoms with Gasteiger partial charge in [0, 0.05) is 36.9 Å². The van der Waals surface area contributed by atoms with Crippen LogP contribution in [0.3, 0.4) is 0 Å². The molecular weight excluding hydrogens is 316 g/mol. The van der Waals surface area contributed by atoms with E-state index in [1.165, 1.54) is 6.20 Å². The lowest BCUT2D eigenvalue weighted by atomic mass is 10.0. The van der Waals surface area contributed by atoms with Crippen LogP contribution >= 0.6 is 0 Å². The predicted octanol–water partition coefficient (Wildman–Crippen LogP) is 2.45. The predicted molar refractivity (Wildman–Crippen MR) is 96.3 cm³/mol. The maximum Gasteiger partial charge on any atom is 0.258 e. The highest BCUT2D eigenvalue weighted by Gasteiger charge is 2.24. The van der Waals surface area contributed by atoms with Crippen LogP contribution in [0.5, 0.6) is 5.88 Å². The Hall–Kier alpha value is -2.47. The third-order valence-electron chi connectivity index (χ3n) is 4.64. The number of carbonyl (C=O) groups excluding carboxylic acids is 1. The Kier molecular flexibility index (Phi) is 5.28.